The molecule has 0 aliphatic rings. The number of hydrogen-bond acceptors (Lipinski definition) is 4. The highest BCUT2D eigenvalue weighted by Crippen LogP contribution is 2.36. The van der Waals surface area contributed by atoms with E-state index in [-0.39, 0.29) is 0 Å². The minimum atomic E-state index is 0.635. The van der Waals surface area contributed by atoms with Crippen molar-refractivity contribution in [1.29, 1.82) is 0 Å². The van der Waals surface area contributed by atoms with E-state index in [0.717, 1.165) is 55.8 Å². The standard InChI is InChI=1S/C40H27N5/c1-3-13-28(14-4-1)38-42-39(29-15-5-2-6-16-29)44-40(43-38)33-20-12-18-31(26-33)35-22-8-7-21-34(35)30-17-11-19-32(25-30)36-27-45-24-10-9-23-37(45)41-36/h1-27H. The molecular weight excluding hydrogens is 550 g/mol. The Morgan fingerprint density at radius 3 is 1.42 bits per heavy atom. The number of imidazole rings is 1. The van der Waals surface area contributed by atoms with E-state index in [1.807, 2.05) is 85.1 Å². The van der Waals surface area contributed by atoms with Crippen molar-refractivity contribution >= 4 is 5.65 Å². The molecule has 8 rings (SSSR count). The van der Waals surface area contributed by atoms with Crippen molar-refractivity contribution in [3.05, 3.63) is 164 Å². The van der Waals surface area contributed by atoms with Gasteiger partial charge in [0, 0.05) is 34.6 Å². The first kappa shape index (κ1) is 26.4. The van der Waals surface area contributed by atoms with E-state index in [1.165, 1.54) is 0 Å². The van der Waals surface area contributed by atoms with Crippen LogP contribution in [0.4, 0.5) is 0 Å². The third-order valence-corrected chi connectivity index (χ3v) is 7.89. The predicted molar refractivity (Wildman–Crippen MR) is 181 cm³/mol. The third kappa shape index (κ3) is 5.28. The molecule has 5 aromatic carbocycles. The van der Waals surface area contributed by atoms with Crippen LogP contribution >= 0.6 is 0 Å². The predicted octanol–water partition coefficient (Wildman–Crippen LogP) is 9.52. The molecule has 45 heavy (non-hydrogen) atoms. The van der Waals surface area contributed by atoms with Crippen molar-refractivity contribution in [3.8, 4) is 67.7 Å². The van der Waals surface area contributed by atoms with Crippen molar-refractivity contribution < 1.29 is 0 Å². The molecule has 0 fully saturated rings. The second kappa shape index (κ2) is 11.5. The van der Waals surface area contributed by atoms with Crippen molar-refractivity contribution in [2.24, 2.45) is 0 Å². The zero-order valence-corrected chi connectivity index (χ0v) is 24.3. The first-order chi connectivity index (χ1) is 22.3. The minimum absolute atomic E-state index is 0.635. The molecule has 3 heterocycles. The molecule has 0 aliphatic carbocycles. The molecule has 0 saturated carbocycles. The largest absolute Gasteiger partial charge is 0.306 e. The van der Waals surface area contributed by atoms with Crippen LogP contribution in [0.3, 0.4) is 0 Å². The summed E-state index contributed by atoms with van der Waals surface area (Å²) in [7, 11) is 0. The minimum Gasteiger partial charge on any atom is -0.306 e. The monoisotopic (exact) mass is 577 g/mol. The molecule has 0 aliphatic heterocycles. The number of hydrogen-bond donors (Lipinski definition) is 0. The highest BCUT2D eigenvalue weighted by atomic mass is 15.0. The van der Waals surface area contributed by atoms with Crippen LogP contribution in [-0.2, 0) is 0 Å². The summed E-state index contributed by atoms with van der Waals surface area (Å²) in [5.74, 6) is 1.93. The van der Waals surface area contributed by atoms with Crippen molar-refractivity contribution in [2.75, 3.05) is 0 Å². The van der Waals surface area contributed by atoms with Gasteiger partial charge < -0.3 is 4.40 Å². The van der Waals surface area contributed by atoms with Gasteiger partial charge in [0.05, 0.1) is 5.69 Å². The maximum atomic E-state index is 4.95. The molecule has 0 saturated heterocycles. The highest BCUT2D eigenvalue weighted by Gasteiger charge is 2.14. The number of fused-ring (bicyclic) bond motifs is 1. The molecule has 8 aromatic rings. The Hall–Kier alpha value is -6.20. The first-order valence-electron chi connectivity index (χ1n) is 14.9. The molecule has 0 N–H and O–H groups in total. The van der Waals surface area contributed by atoms with Crippen LogP contribution in [0.1, 0.15) is 0 Å². The number of nitrogens with zero attached hydrogens (tertiary/aromatic N) is 5. The summed E-state index contributed by atoms with van der Waals surface area (Å²) in [6, 6.07) is 51.7. The summed E-state index contributed by atoms with van der Waals surface area (Å²) < 4.78 is 2.05. The highest BCUT2D eigenvalue weighted by molar-refractivity contribution is 5.86. The Balaban J connectivity index is 1.21. The summed E-state index contributed by atoms with van der Waals surface area (Å²) in [5, 5.41) is 0. The zero-order chi connectivity index (χ0) is 30.0. The zero-order valence-electron chi connectivity index (χ0n) is 24.3. The normalized spacial score (nSPS) is 11.1. The van der Waals surface area contributed by atoms with Gasteiger partial charge in [-0.25, -0.2) is 19.9 Å². The fourth-order valence-corrected chi connectivity index (χ4v) is 5.67. The van der Waals surface area contributed by atoms with E-state index in [2.05, 4.69) is 83.4 Å². The molecule has 5 heteroatoms. The molecule has 0 unspecified atom stereocenters. The van der Waals surface area contributed by atoms with Gasteiger partial charge in [-0.15, -0.1) is 0 Å². The summed E-state index contributed by atoms with van der Waals surface area (Å²) in [6.07, 6.45) is 4.10. The SMILES string of the molecule is c1ccc(-c2nc(-c3ccccc3)nc(-c3cccc(-c4ccccc4-c4cccc(-c5cn6ccccc6n5)c4)c3)n2)cc1. The van der Waals surface area contributed by atoms with Gasteiger partial charge in [-0.3, -0.25) is 0 Å². The lowest BCUT2D eigenvalue weighted by Gasteiger charge is -2.13. The molecule has 0 radical (unpaired) electrons. The molecule has 5 nitrogen and oxygen atoms in total. The Morgan fingerprint density at radius 1 is 0.356 bits per heavy atom. The van der Waals surface area contributed by atoms with Gasteiger partial charge in [0.1, 0.15) is 5.65 Å². The van der Waals surface area contributed by atoms with Crippen LogP contribution in [-0.4, -0.2) is 24.3 Å². The second-order valence-electron chi connectivity index (χ2n) is 10.8. The Morgan fingerprint density at radius 2 is 0.822 bits per heavy atom. The fourth-order valence-electron chi connectivity index (χ4n) is 5.67. The summed E-state index contributed by atoms with van der Waals surface area (Å²) >= 11 is 0. The van der Waals surface area contributed by atoms with Gasteiger partial charge in [0.2, 0.25) is 0 Å². The summed E-state index contributed by atoms with van der Waals surface area (Å²) in [5.41, 5.74) is 10.3. The Kier molecular flexibility index (Phi) is 6.74. The molecule has 0 atom stereocenters. The van der Waals surface area contributed by atoms with Gasteiger partial charge in [-0.05, 0) is 46.5 Å². The maximum Gasteiger partial charge on any atom is 0.164 e. The molecule has 212 valence electrons. The van der Waals surface area contributed by atoms with Crippen LogP contribution in [0, 0.1) is 0 Å². The molecular formula is C40H27N5. The second-order valence-corrected chi connectivity index (χ2v) is 10.8. The van der Waals surface area contributed by atoms with E-state index in [9.17, 15) is 0 Å². The lowest BCUT2D eigenvalue weighted by Crippen LogP contribution is -2.00. The van der Waals surface area contributed by atoms with E-state index in [4.69, 9.17) is 19.9 Å². The van der Waals surface area contributed by atoms with Crippen LogP contribution < -0.4 is 0 Å². The van der Waals surface area contributed by atoms with Crippen molar-refractivity contribution in [2.45, 2.75) is 0 Å². The van der Waals surface area contributed by atoms with Gasteiger partial charge in [-0.1, -0.05) is 127 Å². The van der Waals surface area contributed by atoms with Gasteiger partial charge >= 0.3 is 0 Å². The molecule has 3 aromatic heterocycles. The number of aromatic nitrogens is 5. The van der Waals surface area contributed by atoms with E-state index < -0.39 is 0 Å². The lowest BCUT2D eigenvalue weighted by atomic mass is 9.92. The van der Waals surface area contributed by atoms with E-state index in [0.29, 0.717) is 17.5 Å². The summed E-state index contributed by atoms with van der Waals surface area (Å²) in [6.45, 7) is 0. The quantitative estimate of drug-likeness (QED) is 0.197. The fraction of sp³-hybridized carbons (Fsp3) is 0. The Bertz CT molecular complexity index is 2180. The van der Waals surface area contributed by atoms with Gasteiger partial charge in [0.25, 0.3) is 0 Å². The maximum absolute atomic E-state index is 4.95. The van der Waals surface area contributed by atoms with Crippen LogP contribution in [0.5, 0.6) is 0 Å². The molecule has 0 spiro atoms. The Labute approximate surface area is 261 Å². The smallest absolute Gasteiger partial charge is 0.164 e. The van der Waals surface area contributed by atoms with Crippen molar-refractivity contribution in [1.82, 2.24) is 24.3 Å². The van der Waals surface area contributed by atoms with Gasteiger partial charge in [-0.2, -0.15) is 0 Å². The first-order valence-corrected chi connectivity index (χ1v) is 14.9. The third-order valence-electron chi connectivity index (χ3n) is 7.89. The average molecular weight is 578 g/mol. The topological polar surface area (TPSA) is 56.0 Å². The van der Waals surface area contributed by atoms with E-state index >= 15 is 0 Å². The van der Waals surface area contributed by atoms with Crippen LogP contribution in [0.25, 0.3) is 73.3 Å². The number of rotatable bonds is 6. The number of pyridine rings is 1. The van der Waals surface area contributed by atoms with Gasteiger partial charge in [0.15, 0.2) is 17.5 Å². The number of benzene rings is 5. The van der Waals surface area contributed by atoms with Crippen LogP contribution in [0.2, 0.25) is 0 Å². The average Bonchev–Trinajstić information content (AvgIpc) is 3.57. The van der Waals surface area contributed by atoms with Crippen LogP contribution in [0.15, 0.2) is 164 Å². The summed E-state index contributed by atoms with van der Waals surface area (Å²) in [4.78, 5) is 19.6. The molecule has 0 bridgehead atoms. The lowest BCUT2D eigenvalue weighted by molar-refractivity contribution is 1.07. The molecule has 0 amide bonds. The van der Waals surface area contributed by atoms with Crippen molar-refractivity contribution in [3.63, 3.8) is 0 Å². The van der Waals surface area contributed by atoms with E-state index in [1.54, 1.807) is 0 Å².